The van der Waals surface area contributed by atoms with Gasteiger partial charge in [-0.05, 0) is 207 Å². The van der Waals surface area contributed by atoms with E-state index in [0.717, 1.165) is 52.7 Å². The number of carbonyl (C=O) groups is 2. The van der Waals surface area contributed by atoms with Crippen molar-refractivity contribution in [3.63, 3.8) is 0 Å². The van der Waals surface area contributed by atoms with Gasteiger partial charge in [0.1, 0.15) is 11.4 Å². The van der Waals surface area contributed by atoms with E-state index in [1.165, 1.54) is 34.1 Å². The van der Waals surface area contributed by atoms with Gasteiger partial charge in [0, 0.05) is 56.7 Å². The Morgan fingerprint density at radius 2 is 1.01 bits per heavy atom. The molecule has 8 nitrogen and oxygen atoms in total. The van der Waals surface area contributed by atoms with Crippen LogP contribution in [0.2, 0.25) is 91.2 Å². The topological polar surface area (TPSA) is 77.5 Å². The molecule has 6 aromatic rings. The van der Waals surface area contributed by atoms with Crippen LogP contribution in [0.4, 0.5) is 11.4 Å². The third kappa shape index (κ3) is 13.9. The van der Waals surface area contributed by atoms with Crippen molar-refractivity contribution in [2.75, 3.05) is 22.5 Å². The van der Waals surface area contributed by atoms with Crippen molar-refractivity contribution in [2.24, 2.45) is 0 Å². The fourth-order valence-electron chi connectivity index (χ4n) is 10.1. The number of thiophene rings is 4. The third-order valence-electron chi connectivity index (χ3n) is 12.2. The zero-order chi connectivity index (χ0) is 52.8. The number of rotatable bonds is 21. The lowest BCUT2D eigenvalue weighted by Crippen LogP contribution is -2.59. The highest BCUT2D eigenvalue weighted by Crippen LogP contribution is 2.47. The number of hydrogen-bond acceptors (Lipinski definition) is 12. The van der Waals surface area contributed by atoms with Gasteiger partial charge in [-0.25, -0.2) is 0 Å². The maximum absolute atomic E-state index is 15.4. The lowest BCUT2D eigenvalue weighted by Gasteiger charge is -2.41. The van der Waals surface area contributed by atoms with Crippen molar-refractivity contribution in [2.45, 2.75) is 124 Å². The predicted octanol–water partition coefficient (Wildman–Crippen LogP) is 17.0. The molecule has 0 saturated heterocycles. The van der Waals surface area contributed by atoms with E-state index in [0.29, 0.717) is 35.2 Å². The Hall–Kier alpha value is -3.20. The Morgan fingerprint density at radius 1 is 0.521 bits per heavy atom. The maximum Gasteiger partial charge on any atom is 0.334 e. The first kappa shape index (κ1) is 56.0. The molecule has 4 aromatic heterocycles. The van der Waals surface area contributed by atoms with Gasteiger partial charge < -0.3 is 26.3 Å². The Balaban J connectivity index is 1.12. The summed E-state index contributed by atoms with van der Waals surface area (Å²) in [5.41, 5.74) is 5.87. The minimum absolute atomic E-state index is 0.113. The fraction of sp³-hybridized carbons (Fsp3) is 0.382. The van der Waals surface area contributed by atoms with Gasteiger partial charge in [-0.3, -0.25) is 9.59 Å². The van der Waals surface area contributed by atoms with Crippen LogP contribution in [0.1, 0.15) is 60.2 Å². The Bertz CT molecular complexity index is 3040. The van der Waals surface area contributed by atoms with E-state index >= 15 is 9.59 Å². The van der Waals surface area contributed by atoms with Crippen molar-refractivity contribution in [3.05, 3.63) is 128 Å². The summed E-state index contributed by atoms with van der Waals surface area (Å²) in [5.74, 6) is -0.249. The molecule has 1 unspecified atom stereocenters. The molecule has 0 amide bonds. The van der Waals surface area contributed by atoms with Crippen LogP contribution < -0.4 is 9.80 Å². The average molecular weight is 1160 g/mol. The summed E-state index contributed by atoms with van der Waals surface area (Å²) in [6, 6.07) is 30.8. The van der Waals surface area contributed by atoms with Gasteiger partial charge in [0.15, 0.2) is 34.0 Å². The van der Waals surface area contributed by atoms with Gasteiger partial charge in [-0.1, -0.05) is 25.0 Å². The summed E-state index contributed by atoms with van der Waals surface area (Å²) in [6.45, 7) is 33.7. The number of Topliss-reactive ketones (excluding diaryl/α,β-unsaturated/α-hetero) is 2. The third-order valence-corrected chi connectivity index (χ3v) is 35.4. The number of nitrogens with zero attached hydrogens (tertiary/aromatic N) is 2. The molecule has 18 heteroatoms. The average Bonchev–Trinajstić information content (AvgIpc) is 4.13. The van der Waals surface area contributed by atoms with E-state index in [9.17, 15) is 0 Å². The van der Waals surface area contributed by atoms with Gasteiger partial charge in [0.25, 0.3) is 0 Å². The summed E-state index contributed by atoms with van der Waals surface area (Å²) in [7, 11) is -12.8. The van der Waals surface area contributed by atoms with Crippen LogP contribution in [0.3, 0.4) is 0 Å². The lowest BCUT2D eigenvalue weighted by atomic mass is 10.0. The fourth-order valence-corrected chi connectivity index (χ4v) is 37.9. The Kier molecular flexibility index (Phi) is 16.9. The van der Waals surface area contributed by atoms with Crippen LogP contribution >= 0.6 is 45.3 Å². The standard InChI is InChI=1S/C55H74N2O6S4Si6/c1-38-19-26-43-45(35-38)56(33-17-16-18-34-72(14,60-68(3)4)61-69(5,6)7)52(54(43)58)53-55(59)44-27-21-40(36-46(44)57(53)37-73(15,62-70(8,9)10)63-71(11,12)13)47-31-32-51(67-47)50-30-25-42(66-50)23-22-41-24-29-49(65-41)48-28-20-39(2)64-48/h19-32,35-36,68H,16-18,33-34,37H2,1-15H3/b23-22+,53-52+. The Labute approximate surface area is 458 Å². The highest BCUT2D eigenvalue weighted by Gasteiger charge is 2.49. The smallest absolute Gasteiger partial charge is 0.334 e. The molecular weight excluding hydrogens is 1080 g/mol. The number of allylic oxidation sites excluding steroid dienone is 2. The number of fused-ring (bicyclic) bond motifs is 2. The molecule has 0 radical (unpaired) electrons. The number of unbranched alkanes of at least 4 members (excludes halogenated alkanes) is 2. The van der Waals surface area contributed by atoms with Crippen LogP contribution in [0, 0.1) is 13.8 Å². The molecule has 0 bridgehead atoms. The second-order valence-electron chi connectivity index (χ2n) is 23.0. The summed E-state index contributed by atoms with van der Waals surface area (Å²) in [5, 5.41) is 0. The highest BCUT2D eigenvalue weighted by atomic mass is 32.1. The zero-order valence-electron chi connectivity index (χ0n) is 45.5. The number of anilines is 2. The molecule has 2 aliphatic heterocycles. The molecule has 0 saturated carbocycles. The lowest BCUT2D eigenvalue weighted by molar-refractivity contribution is 0.100. The van der Waals surface area contributed by atoms with E-state index in [1.54, 1.807) is 22.7 Å². The van der Waals surface area contributed by atoms with Crippen LogP contribution in [0.25, 0.3) is 42.1 Å². The monoisotopic (exact) mass is 1150 g/mol. The van der Waals surface area contributed by atoms with E-state index in [4.69, 9.17) is 16.5 Å². The Morgan fingerprint density at radius 3 is 1.58 bits per heavy atom. The summed E-state index contributed by atoms with van der Waals surface area (Å²) in [6.07, 6.45) is 7.59. The maximum atomic E-state index is 15.4. The quantitative estimate of drug-likeness (QED) is 0.0401. The van der Waals surface area contributed by atoms with Gasteiger partial charge in [0.05, 0.1) is 17.5 Å². The van der Waals surface area contributed by atoms with E-state index in [-0.39, 0.29) is 11.6 Å². The molecule has 73 heavy (non-hydrogen) atoms. The normalized spacial score (nSPS) is 16.4. The van der Waals surface area contributed by atoms with Crippen molar-refractivity contribution >= 4 is 132 Å². The molecule has 0 aliphatic carbocycles. The second-order valence-corrected chi connectivity index (χ2v) is 51.2. The van der Waals surface area contributed by atoms with Crippen LogP contribution in [-0.2, 0) is 16.5 Å². The molecule has 8 rings (SSSR count). The molecule has 2 aliphatic rings. The predicted molar refractivity (Wildman–Crippen MR) is 331 cm³/mol. The minimum Gasteiger partial charge on any atom is -0.439 e. The van der Waals surface area contributed by atoms with Crippen molar-refractivity contribution in [3.8, 4) is 29.9 Å². The number of benzene rings is 2. The summed E-state index contributed by atoms with van der Waals surface area (Å²) in [4.78, 5) is 44.6. The first-order valence-corrected chi connectivity index (χ1v) is 46.9. The number of ketones is 2. The molecular formula is C55H74N2O6S4Si6. The van der Waals surface area contributed by atoms with Gasteiger partial charge >= 0.3 is 17.1 Å². The first-order valence-electron chi connectivity index (χ1n) is 25.6. The molecule has 6 heterocycles. The molecule has 0 spiro atoms. The zero-order valence-corrected chi connectivity index (χ0v) is 55.0. The highest BCUT2D eigenvalue weighted by molar-refractivity contribution is 7.24. The number of carbonyl (C=O) groups excluding carboxylic acids is 2. The van der Waals surface area contributed by atoms with Gasteiger partial charge in [-0.15, -0.1) is 45.3 Å². The number of aryl methyl sites for hydroxylation is 2. The minimum atomic E-state index is -3.05. The molecule has 0 fully saturated rings. The molecule has 1 atom stereocenters. The van der Waals surface area contributed by atoms with Crippen LogP contribution in [-0.4, -0.2) is 75.4 Å². The van der Waals surface area contributed by atoms with Crippen molar-refractivity contribution < 1.29 is 26.0 Å². The largest absolute Gasteiger partial charge is 0.439 e. The van der Waals surface area contributed by atoms with Gasteiger partial charge in [0.2, 0.25) is 11.6 Å². The first-order chi connectivity index (χ1) is 34.2. The van der Waals surface area contributed by atoms with E-state index in [1.807, 2.05) is 40.9 Å². The van der Waals surface area contributed by atoms with Crippen molar-refractivity contribution in [1.29, 1.82) is 0 Å². The molecule has 2 aromatic carbocycles. The van der Waals surface area contributed by atoms with E-state index < -0.39 is 51.1 Å². The molecule has 388 valence electrons. The summed E-state index contributed by atoms with van der Waals surface area (Å²) < 4.78 is 27.8. The van der Waals surface area contributed by atoms with Crippen LogP contribution in [0.15, 0.2) is 96.3 Å². The second kappa shape index (κ2) is 22.0. The summed E-state index contributed by atoms with van der Waals surface area (Å²) >= 11 is 7.21. The number of hydrogen-bond donors (Lipinski definition) is 0. The molecule has 0 N–H and O–H groups in total. The van der Waals surface area contributed by atoms with Crippen molar-refractivity contribution in [1.82, 2.24) is 0 Å². The van der Waals surface area contributed by atoms with Gasteiger partial charge in [-0.2, -0.15) is 0 Å². The SMILES string of the molecule is Cc1ccc2c(c1)N(CCCCC[Si](C)(O[SiH](C)C)O[Si](C)(C)C)/C(=C1\C(=O)c3ccc(-c4ccc(-c5ccc(/C=C/c6ccc(-c7ccc(C)s7)s6)s5)s4)cc3N1C[Si](C)(O[Si](C)(C)C)O[Si](C)(C)C)C2=O. The van der Waals surface area contributed by atoms with E-state index in [2.05, 4.69) is 188 Å². The van der Waals surface area contributed by atoms with Crippen LogP contribution in [0.5, 0.6) is 0 Å².